The lowest BCUT2D eigenvalue weighted by Gasteiger charge is -2.49. The van der Waals surface area contributed by atoms with Gasteiger partial charge in [0, 0.05) is 11.3 Å². The Labute approximate surface area is 184 Å². The van der Waals surface area contributed by atoms with Gasteiger partial charge in [0.05, 0.1) is 6.26 Å². The molecule has 0 bridgehead atoms. The lowest BCUT2D eigenvalue weighted by atomic mass is 10.0. The molecule has 1 aromatic rings. The lowest BCUT2D eigenvalue weighted by molar-refractivity contribution is -0.150. The van der Waals surface area contributed by atoms with E-state index >= 15 is 0 Å². The van der Waals surface area contributed by atoms with Crippen LogP contribution in [0.4, 0.5) is 4.79 Å². The molecule has 1 aromatic heterocycles. The largest absolute Gasteiger partial charge is 0.477 e. The van der Waals surface area contributed by atoms with Crippen LogP contribution in [0.3, 0.4) is 0 Å². The molecule has 3 amide bonds. The number of fused-ring (bicyclic) bond motifs is 1. The topological polar surface area (TPSA) is 194 Å². The predicted octanol–water partition coefficient (Wildman–Crippen LogP) is -0.432. The standard InChI is InChI=1S/C16H14N4O10S2/c1-28-18-9(8-3-2-4-29-8)12(21)17-10-13(22)20-11(15(23)24)7(6-31-14(10)20)5-30-16(25)19-32(26)27/h2-4,10,14H,5-6H2,1H3,(H,17,21)(H,23,24)/b18-9-/t10-,14-/m1/s1. The summed E-state index contributed by atoms with van der Waals surface area (Å²) in [6.07, 6.45) is -0.105. The molecule has 14 nitrogen and oxygen atoms in total. The number of amides is 3. The first-order valence-electron chi connectivity index (χ1n) is 8.58. The molecule has 3 rings (SSSR count). The van der Waals surface area contributed by atoms with Gasteiger partial charge in [0.15, 0.2) is 5.76 Å². The second-order valence-corrected chi connectivity index (χ2v) is 7.80. The smallest absolute Gasteiger partial charge is 0.449 e. The number of nitrogens with zero attached hydrogens (tertiary/aromatic N) is 3. The number of aliphatic carboxylic acids is 1. The number of furan rings is 1. The van der Waals surface area contributed by atoms with Crippen LogP contribution in [-0.4, -0.2) is 78.9 Å². The molecular weight excluding hydrogens is 472 g/mol. The quantitative estimate of drug-likeness (QED) is 0.288. The molecule has 32 heavy (non-hydrogen) atoms. The van der Waals surface area contributed by atoms with Crippen LogP contribution in [-0.2, 0) is 34.5 Å². The van der Waals surface area contributed by atoms with Crippen molar-refractivity contribution >= 4 is 51.9 Å². The average molecular weight is 486 g/mol. The third-order valence-corrected chi connectivity index (χ3v) is 5.85. The van der Waals surface area contributed by atoms with Crippen LogP contribution >= 0.6 is 11.8 Å². The van der Waals surface area contributed by atoms with Gasteiger partial charge < -0.3 is 24.4 Å². The summed E-state index contributed by atoms with van der Waals surface area (Å²) in [4.78, 5) is 53.8. The van der Waals surface area contributed by atoms with Crippen molar-refractivity contribution in [2.24, 2.45) is 9.52 Å². The zero-order valence-corrected chi connectivity index (χ0v) is 17.7. The molecule has 0 aliphatic carbocycles. The fourth-order valence-electron chi connectivity index (χ4n) is 2.94. The van der Waals surface area contributed by atoms with Crippen molar-refractivity contribution in [3.8, 4) is 0 Å². The molecule has 1 saturated heterocycles. The molecule has 0 unspecified atom stereocenters. The summed E-state index contributed by atoms with van der Waals surface area (Å²) in [6.45, 7) is -0.579. The van der Waals surface area contributed by atoms with Crippen LogP contribution in [0.25, 0.3) is 0 Å². The minimum absolute atomic E-state index is 0.0351. The van der Waals surface area contributed by atoms with Crippen LogP contribution in [0.2, 0.25) is 0 Å². The number of thioether (sulfide) groups is 1. The Hall–Kier alpha value is -3.66. The lowest BCUT2D eigenvalue weighted by Crippen LogP contribution is -2.71. The highest BCUT2D eigenvalue weighted by molar-refractivity contribution is 8.00. The van der Waals surface area contributed by atoms with Crippen molar-refractivity contribution in [2.45, 2.75) is 11.4 Å². The van der Waals surface area contributed by atoms with Gasteiger partial charge in [-0.1, -0.05) is 9.52 Å². The molecule has 2 aliphatic rings. The van der Waals surface area contributed by atoms with Crippen molar-refractivity contribution in [1.29, 1.82) is 0 Å². The van der Waals surface area contributed by atoms with Crippen LogP contribution in [0, 0.1) is 0 Å². The summed E-state index contributed by atoms with van der Waals surface area (Å²) in [5.74, 6) is -2.80. The Morgan fingerprint density at radius 2 is 2.16 bits per heavy atom. The van der Waals surface area contributed by atoms with E-state index in [1.807, 2.05) is 0 Å². The van der Waals surface area contributed by atoms with Crippen molar-refractivity contribution in [1.82, 2.24) is 10.2 Å². The molecule has 2 N–H and O–H groups in total. The second-order valence-electron chi connectivity index (χ2n) is 6.08. The van der Waals surface area contributed by atoms with E-state index < -0.39 is 58.1 Å². The maximum atomic E-state index is 12.6. The summed E-state index contributed by atoms with van der Waals surface area (Å²) < 4.78 is 33.1. The van der Waals surface area contributed by atoms with Crippen LogP contribution in [0.15, 0.2) is 43.6 Å². The van der Waals surface area contributed by atoms with E-state index in [1.165, 1.54) is 25.5 Å². The third-order valence-electron chi connectivity index (χ3n) is 4.21. The summed E-state index contributed by atoms with van der Waals surface area (Å²) in [6, 6.07) is 1.94. The van der Waals surface area contributed by atoms with Crippen molar-refractivity contribution in [3.05, 3.63) is 35.4 Å². The van der Waals surface area contributed by atoms with Crippen LogP contribution in [0.1, 0.15) is 5.76 Å². The van der Waals surface area contributed by atoms with Gasteiger partial charge in [-0.2, -0.15) is 8.42 Å². The molecule has 0 saturated carbocycles. The summed E-state index contributed by atoms with van der Waals surface area (Å²) >= 11 is 1.12. The number of carboxylic acid groups (broad SMARTS) is 1. The normalized spacial score (nSPS) is 20.1. The maximum absolute atomic E-state index is 12.6. The summed E-state index contributed by atoms with van der Waals surface area (Å²) in [5.41, 5.74) is -0.572. The zero-order valence-electron chi connectivity index (χ0n) is 16.1. The minimum Gasteiger partial charge on any atom is -0.477 e. The Morgan fingerprint density at radius 3 is 2.75 bits per heavy atom. The SMILES string of the molecule is CO/N=C(\C(=O)N[C@@H]1C(=O)N2C(C(=O)O)=C(COC(=O)N=S(=O)=O)CS[C@H]12)c1ccco1. The summed E-state index contributed by atoms with van der Waals surface area (Å²) in [5, 5.41) is 14.9. The monoisotopic (exact) mass is 486 g/mol. The van der Waals surface area contributed by atoms with Gasteiger partial charge in [0.25, 0.3) is 11.8 Å². The van der Waals surface area contributed by atoms with E-state index in [9.17, 15) is 32.7 Å². The number of oxime groups is 1. The number of carbonyl (C=O) groups is 4. The van der Waals surface area contributed by atoms with Gasteiger partial charge >= 0.3 is 22.6 Å². The number of hydrogen-bond acceptors (Lipinski definition) is 11. The van der Waals surface area contributed by atoms with E-state index in [0.717, 1.165) is 16.7 Å². The van der Waals surface area contributed by atoms with Crippen LogP contribution in [0.5, 0.6) is 0 Å². The van der Waals surface area contributed by atoms with Gasteiger partial charge in [-0.15, -0.1) is 11.8 Å². The van der Waals surface area contributed by atoms with E-state index in [-0.39, 0.29) is 22.8 Å². The zero-order chi connectivity index (χ0) is 23.4. The molecule has 170 valence electrons. The molecule has 0 spiro atoms. The van der Waals surface area contributed by atoms with Crippen molar-refractivity contribution in [3.63, 3.8) is 0 Å². The van der Waals surface area contributed by atoms with E-state index in [4.69, 9.17) is 4.42 Å². The molecular formula is C16H14N4O10S2. The highest BCUT2D eigenvalue weighted by atomic mass is 32.2. The first-order chi connectivity index (χ1) is 15.2. The van der Waals surface area contributed by atoms with Gasteiger partial charge in [0.1, 0.15) is 30.8 Å². The minimum atomic E-state index is -3.02. The number of rotatable bonds is 7. The van der Waals surface area contributed by atoms with Gasteiger partial charge in [-0.05, 0) is 12.1 Å². The fourth-order valence-corrected chi connectivity index (χ4v) is 4.44. The van der Waals surface area contributed by atoms with Gasteiger partial charge in [0.2, 0.25) is 5.71 Å². The number of β-lactam (4-membered cyclic amide) rings is 1. The number of ether oxygens (including phenoxy) is 1. The first-order valence-corrected chi connectivity index (χ1v) is 10.7. The second kappa shape index (κ2) is 9.65. The molecule has 3 heterocycles. The number of nitrogens with one attached hydrogen (secondary N) is 1. The molecule has 2 aliphatic heterocycles. The number of carbonyl (C=O) groups excluding carboxylic acids is 3. The van der Waals surface area contributed by atoms with Crippen LogP contribution < -0.4 is 5.32 Å². The average Bonchev–Trinajstić information content (AvgIpc) is 3.27. The highest BCUT2D eigenvalue weighted by Gasteiger charge is 2.54. The summed E-state index contributed by atoms with van der Waals surface area (Å²) in [7, 11) is -1.80. The number of hydrogen-bond donors (Lipinski definition) is 2. The molecule has 16 heteroatoms. The predicted molar refractivity (Wildman–Crippen MR) is 105 cm³/mol. The molecule has 0 aromatic carbocycles. The first kappa shape index (κ1) is 23.0. The highest BCUT2D eigenvalue weighted by Crippen LogP contribution is 2.40. The Morgan fingerprint density at radius 1 is 1.41 bits per heavy atom. The molecule has 0 radical (unpaired) electrons. The third kappa shape index (κ3) is 4.65. The van der Waals surface area contributed by atoms with Gasteiger partial charge in [-0.3, -0.25) is 14.5 Å². The van der Waals surface area contributed by atoms with E-state index in [0.29, 0.717) is 0 Å². The Kier molecular flexibility index (Phi) is 6.94. The van der Waals surface area contributed by atoms with Gasteiger partial charge in [-0.25, -0.2) is 9.59 Å². The Bertz CT molecular complexity index is 1150. The van der Waals surface area contributed by atoms with Crippen molar-refractivity contribution in [2.75, 3.05) is 19.5 Å². The van der Waals surface area contributed by atoms with Crippen molar-refractivity contribution < 1.29 is 46.7 Å². The van der Waals surface area contributed by atoms with E-state index in [2.05, 4.69) is 24.4 Å². The maximum Gasteiger partial charge on any atom is 0.449 e. The Balaban J connectivity index is 1.75. The molecule has 2 atom stereocenters. The molecule has 1 fully saturated rings. The number of carboxylic acids is 1. The van der Waals surface area contributed by atoms with E-state index in [1.54, 1.807) is 0 Å². The fraction of sp³-hybridized carbons (Fsp3) is 0.312.